The quantitative estimate of drug-likeness (QED) is 0.173. The average Bonchev–Trinajstić information content (AvgIpc) is 3.49. The molecule has 0 fully saturated rings. The second-order valence-corrected chi connectivity index (χ2v) is 9.11. The first-order valence-electron chi connectivity index (χ1n) is 11.7. The molecule has 0 unspecified atom stereocenters. The van der Waals surface area contributed by atoms with E-state index in [9.17, 15) is 18.0 Å². The Morgan fingerprint density at radius 1 is 1.10 bits per heavy atom. The highest BCUT2D eigenvalue weighted by molar-refractivity contribution is 7.78. The molecule has 0 radical (unpaired) electrons. The van der Waals surface area contributed by atoms with Crippen LogP contribution in [0.3, 0.4) is 0 Å². The highest BCUT2D eigenvalue weighted by Gasteiger charge is 2.37. The van der Waals surface area contributed by atoms with Crippen molar-refractivity contribution in [1.82, 2.24) is 24.1 Å². The highest BCUT2D eigenvalue weighted by atomic mass is 32.1. The molecular weight excluding hydrogens is 566 g/mol. The molecule has 5 rings (SSSR count). The number of alkyl halides is 3. The van der Waals surface area contributed by atoms with Gasteiger partial charge in [0.15, 0.2) is 0 Å². The molecule has 40 heavy (non-hydrogen) atoms. The molecule has 10 nitrogen and oxygen atoms in total. The number of nitrogens with zero attached hydrogens (tertiary/aromatic N) is 5. The molecule has 3 N–H and O–H groups in total. The van der Waals surface area contributed by atoms with Crippen molar-refractivity contribution in [3.63, 3.8) is 0 Å². The lowest BCUT2D eigenvalue weighted by Crippen LogP contribution is -2.18. The van der Waals surface area contributed by atoms with Crippen LogP contribution in [0.1, 0.15) is 27.0 Å². The number of carbonyl (C=O) groups excluding carboxylic acids is 1. The summed E-state index contributed by atoms with van der Waals surface area (Å²) in [6.45, 7) is 0.289. The summed E-state index contributed by atoms with van der Waals surface area (Å²) in [7, 11) is 3.34. The van der Waals surface area contributed by atoms with Gasteiger partial charge in [0.05, 0.1) is 17.4 Å². The average molecular weight is 590 g/mol. The van der Waals surface area contributed by atoms with Gasteiger partial charge in [0.1, 0.15) is 20.5 Å². The zero-order valence-electron chi connectivity index (χ0n) is 20.9. The van der Waals surface area contributed by atoms with E-state index in [0.717, 1.165) is 16.7 Å². The summed E-state index contributed by atoms with van der Waals surface area (Å²) in [6, 6.07) is 10.3. The normalized spacial score (nSPS) is 12.6. The predicted molar refractivity (Wildman–Crippen MR) is 148 cm³/mol. The number of carbonyl (C=O) groups is 1. The van der Waals surface area contributed by atoms with E-state index in [-0.39, 0.29) is 36.3 Å². The Balaban J connectivity index is 0.00000181. The predicted octanol–water partition coefficient (Wildman–Crippen LogP) is 5.13. The third kappa shape index (κ3) is 6.09. The summed E-state index contributed by atoms with van der Waals surface area (Å²) in [5.74, 6) is -0.882. The Kier molecular flexibility index (Phi) is 8.72. The van der Waals surface area contributed by atoms with Crippen LogP contribution >= 0.6 is 21.9 Å². The summed E-state index contributed by atoms with van der Waals surface area (Å²) in [5.41, 5.74) is 2.96. The summed E-state index contributed by atoms with van der Waals surface area (Å²) in [5, 5.41) is 18.8. The van der Waals surface area contributed by atoms with Crippen LogP contribution < -0.4 is 10.6 Å². The standard InChI is InChI=1S/C25H22F3N7O2S.HOP/c1-34-13-18-17(15-10-30-35(38)12-15)6-7-20(21(18)23(34)37)32-22-19(25(26,27)28)11-29-24(33-22)31-16-4-2-14(3-5-16)8-9-36;1-2/h2-7,10-12,36,38H,8-9,13H2,1H3,(H2,29,31,32,33);2H. The van der Waals surface area contributed by atoms with Crippen LogP contribution in [0.15, 0.2) is 55.0 Å². The SMILES string of the molecule is CN1Cc2c(-c3cnn(S)c3)ccc(Nc3nc(Nc4ccc(CCO)cc4)ncc3C(F)(F)F)c2C1=O.O=P. The van der Waals surface area contributed by atoms with E-state index < -0.39 is 17.6 Å². The van der Waals surface area contributed by atoms with E-state index in [4.69, 9.17) is 9.67 Å². The molecule has 0 saturated heterocycles. The van der Waals surface area contributed by atoms with Gasteiger partial charge in [0.2, 0.25) is 5.95 Å². The molecule has 1 aliphatic rings. The number of nitrogens with one attached hydrogen (secondary N) is 2. The molecule has 0 bridgehead atoms. The second-order valence-electron chi connectivity index (χ2n) is 8.70. The van der Waals surface area contributed by atoms with Crippen molar-refractivity contribution >= 4 is 51.0 Å². The van der Waals surface area contributed by atoms with E-state index in [1.165, 1.54) is 8.99 Å². The van der Waals surface area contributed by atoms with E-state index in [1.54, 1.807) is 65.0 Å². The van der Waals surface area contributed by atoms with Crippen molar-refractivity contribution in [3.8, 4) is 11.1 Å². The lowest BCUT2D eigenvalue weighted by molar-refractivity contribution is -0.137. The number of rotatable bonds is 7. The first-order chi connectivity index (χ1) is 19.1. The Morgan fingerprint density at radius 3 is 2.45 bits per heavy atom. The number of thiol groups is 1. The van der Waals surface area contributed by atoms with Gasteiger partial charge in [0.25, 0.3) is 5.91 Å². The third-order valence-corrected chi connectivity index (χ3v) is 6.33. The number of aliphatic hydroxyl groups is 1. The minimum atomic E-state index is -4.74. The smallest absolute Gasteiger partial charge is 0.396 e. The molecule has 1 aliphatic heterocycles. The largest absolute Gasteiger partial charge is 0.421 e. The van der Waals surface area contributed by atoms with E-state index >= 15 is 0 Å². The number of hydrogen-bond donors (Lipinski definition) is 4. The van der Waals surface area contributed by atoms with Crippen molar-refractivity contribution in [3.05, 3.63) is 77.2 Å². The van der Waals surface area contributed by atoms with Gasteiger partial charge in [-0.25, -0.2) is 9.07 Å². The van der Waals surface area contributed by atoms with E-state index in [2.05, 4.69) is 38.5 Å². The minimum Gasteiger partial charge on any atom is -0.396 e. The van der Waals surface area contributed by atoms with E-state index in [0.29, 0.717) is 23.9 Å². The second kappa shape index (κ2) is 12.0. The van der Waals surface area contributed by atoms with Crippen molar-refractivity contribution in [1.29, 1.82) is 0 Å². The van der Waals surface area contributed by atoms with Crippen LogP contribution in [-0.2, 0) is 23.7 Å². The number of fused-ring (bicyclic) bond motifs is 1. The van der Waals surface area contributed by atoms with Gasteiger partial charge in [-0.05, 0) is 54.1 Å². The minimum absolute atomic E-state index is 0.00558. The fourth-order valence-corrected chi connectivity index (χ4v) is 4.44. The molecule has 3 heterocycles. The van der Waals surface area contributed by atoms with Crippen LogP contribution in [-0.4, -0.2) is 48.7 Å². The van der Waals surface area contributed by atoms with Crippen molar-refractivity contribution in [2.75, 3.05) is 24.3 Å². The molecular formula is C25H23F3N7O3PS. The number of aromatic nitrogens is 4. The fraction of sp³-hybridized carbons (Fsp3) is 0.200. The van der Waals surface area contributed by atoms with Gasteiger partial charge < -0.3 is 20.6 Å². The molecule has 208 valence electrons. The molecule has 0 saturated carbocycles. The van der Waals surface area contributed by atoms with E-state index in [1.807, 2.05) is 0 Å². The topological polar surface area (TPSA) is 125 Å². The van der Waals surface area contributed by atoms with Gasteiger partial charge in [-0.2, -0.15) is 23.3 Å². The number of anilines is 4. The monoisotopic (exact) mass is 589 g/mol. The zero-order chi connectivity index (χ0) is 29.0. The first-order valence-corrected chi connectivity index (χ1v) is 12.5. The van der Waals surface area contributed by atoms with Crippen LogP contribution in [0.4, 0.5) is 36.3 Å². The number of hydrogen-bond acceptors (Lipinski definition) is 9. The Labute approximate surface area is 234 Å². The van der Waals surface area contributed by atoms with Gasteiger partial charge in [-0.15, -0.1) is 0 Å². The van der Waals surface area contributed by atoms with Gasteiger partial charge >= 0.3 is 6.18 Å². The molecule has 2 aromatic carbocycles. The Bertz CT molecular complexity index is 1530. The molecule has 0 spiro atoms. The molecule has 4 aromatic rings. The Morgan fingerprint density at radius 2 is 1.82 bits per heavy atom. The Hall–Kier alpha value is -4.00. The molecule has 15 heteroatoms. The highest BCUT2D eigenvalue weighted by Crippen LogP contribution is 2.40. The number of halogens is 3. The number of aliphatic hydroxyl groups excluding tert-OH is 1. The summed E-state index contributed by atoms with van der Waals surface area (Å²) < 4.78 is 51.0. The van der Waals surface area contributed by atoms with Crippen molar-refractivity contribution in [2.24, 2.45) is 0 Å². The van der Waals surface area contributed by atoms with Gasteiger partial charge in [-0.3, -0.25) is 9.36 Å². The van der Waals surface area contributed by atoms with Gasteiger partial charge in [0, 0.05) is 43.8 Å². The summed E-state index contributed by atoms with van der Waals surface area (Å²) >= 11 is 4.16. The maximum Gasteiger partial charge on any atom is 0.421 e. The van der Waals surface area contributed by atoms with Crippen molar-refractivity contribution < 1.29 is 27.6 Å². The molecule has 0 aliphatic carbocycles. The van der Waals surface area contributed by atoms with Crippen LogP contribution in [0.25, 0.3) is 11.1 Å². The molecule has 2 aromatic heterocycles. The van der Waals surface area contributed by atoms with Crippen LogP contribution in [0.2, 0.25) is 0 Å². The molecule has 0 atom stereocenters. The maximum atomic E-state index is 13.9. The molecule has 1 amide bonds. The van der Waals surface area contributed by atoms with Crippen LogP contribution in [0, 0.1) is 0 Å². The summed E-state index contributed by atoms with van der Waals surface area (Å²) in [4.78, 5) is 22.5. The third-order valence-electron chi connectivity index (χ3n) is 6.11. The van der Waals surface area contributed by atoms with Crippen molar-refractivity contribution in [2.45, 2.75) is 19.1 Å². The number of benzene rings is 2. The maximum absolute atomic E-state index is 13.9. The van der Waals surface area contributed by atoms with Crippen LogP contribution in [0.5, 0.6) is 0 Å². The summed E-state index contributed by atoms with van der Waals surface area (Å²) in [6.07, 6.45) is -0.285. The lowest BCUT2D eigenvalue weighted by Gasteiger charge is -2.17. The zero-order valence-corrected chi connectivity index (χ0v) is 22.8. The van der Waals surface area contributed by atoms with Gasteiger partial charge in [-0.1, -0.05) is 18.2 Å². The lowest BCUT2D eigenvalue weighted by atomic mass is 9.97. The fourth-order valence-electron chi connectivity index (χ4n) is 4.27. The first kappa shape index (κ1) is 29.0. The number of amides is 1.